The Bertz CT molecular complexity index is 1260. The fourth-order valence-electron chi connectivity index (χ4n) is 5.85. The van der Waals surface area contributed by atoms with Gasteiger partial charge in [0.1, 0.15) is 0 Å². The third-order valence-electron chi connectivity index (χ3n) is 8.33. The number of piperidine rings is 1. The predicted octanol–water partition coefficient (Wildman–Crippen LogP) is 4.42. The number of carboxylic acids is 1. The van der Waals surface area contributed by atoms with Crippen molar-refractivity contribution in [3.05, 3.63) is 81.4 Å². The van der Waals surface area contributed by atoms with E-state index in [1.54, 1.807) is 12.1 Å². The van der Waals surface area contributed by atoms with Crippen LogP contribution in [0.1, 0.15) is 66.9 Å². The van der Waals surface area contributed by atoms with Crippen LogP contribution in [0.5, 0.6) is 0 Å². The number of aromatic carboxylic acids is 1. The van der Waals surface area contributed by atoms with Crippen molar-refractivity contribution in [3.63, 3.8) is 0 Å². The lowest BCUT2D eigenvalue weighted by molar-refractivity contribution is -0.127. The van der Waals surface area contributed by atoms with E-state index in [4.69, 9.17) is 0 Å². The number of likely N-dealkylation sites (tertiary alicyclic amines) is 1. The summed E-state index contributed by atoms with van der Waals surface area (Å²) in [4.78, 5) is 27.0. The average Bonchev–Trinajstić information content (AvgIpc) is 3.35. The van der Waals surface area contributed by atoms with Gasteiger partial charge in [-0.3, -0.25) is 4.79 Å². The van der Waals surface area contributed by atoms with Crippen LogP contribution >= 0.6 is 0 Å². The lowest BCUT2D eigenvalue weighted by Crippen LogP contribution is -2.44. The molecule has 5 nitrogen and oxygen atoms in total. The highest BCUT2D eigenvalue weighted by Crippen LogP contribution is 2.31. The van der Waals surface area contributed by atoms with Gasteiger partial charge < -0.3 is 15.3 Å². The summed E-state index contributed by atoms with van der Waals surface area (Å²) < 4.78 is 0. The largest absolute Gasteiger partial charge is 0.478 e. The molecule has 0 radical (unpaired) electrons. The number of nitrogens with zero attached hydrogens (tertiary/aromatic N) is 1. The Morgan fingerprint density at radius 2 is 1.84 bits per heavy atom. The molecule has 37 heavy (non-hydrogen) atoms. The second-order valence-corrected chi connectivity index (χ2v) is 10.7. The molecule has 0 spiro atoms. The van der Waals surface area contributed by atoms with Gasteiger partial charge in [-0.2, -0.15) is 0 Å². The Balaban J connectivity index is 1.28. The van der Waals surface area contributed by atoms with Gasteiger partial charge in [0.05, 0.1) is 5.56 Å². The van der Waals surface area contributed by atoms with Gasteiger partial charge in [-0.1, -0.05) is 55.5 Å². The number of carbonyl (C=O) groups excluding carboxylic acids is 1. The molecule has 1 heterocycles. The standard InChI is InChI=1S/C32H40N2O3/c1-22-8-6-10-25(24(22)3)15-14-23(2)34-20-18-28(19-21-34)31(35)33-30-13-7-11-27(30)17-16-26-9-4-5-12-29(26)32(36)37/h4-6,8-10,12,14-15,27-28,30H,3,7,11,13,16-21H2,1-2H3,(H,33,35)(H,36,37)/b23-14+,25-15-/t27-,30-/m0/s1. The molecule has 2 aromatic rings. The van der Waals surface area contributed by atoms with Gasteiger partial charge in [-0.15, -0.1) is 0 Å². The van der Waals surface area contributed by atoms with E-state index in [-0.39, 0.29) is 17.9 Å². The second-order valence-electron chi connectivity index (χ2n) is 10.7. The van der Waals surface area contributed by atoms with Crippen LogP contribution in [0.15, 0.2) is 54.2 Å². The van der Waals surface area contributed by atoms with Crippen molar-refractivity contribution >= 4 is 24.5 Å². The Labute approximate surface area is 220 Å². The van der Waals surface area contributed by atoms with Crippen LogP contribution in [-0.4, -0.2) is 41.0 Å². The van der Waals surface area contributed by atoms with E-state index in [0.29, 0.717) is 11.5 Å². The fourth-order valence-corrected chi connectivity index (χ4v) is 5.85. The number of allylic oxidation sites excluding steroid dienone is 2. The Kier molecular flexibility index (Phi) is 8.86. The van der Waals surface area contributed by atoms with E-state index in [0.717, 1.165) is 74.0 Å². The third-order valence-corrected chi connectivity index (χ3v) is 8.33. The summed E-state index contributed by atoms with van der Waals surface area (Å²) in [6.45, 7) is 10.2. The molecule has 2 atom stereocenters. The first kappa shape index (κ1) is 26.7. The van der Waals surface area contributed by atoms with Gasteiger partial charge in [0.15, 0.2) is 0 Å². The van der Waals surface area contributed by atoms with E-state index in [1.807, 2.05) is 12.1 Å². The summed E-state index contributed by atoms with van der Waals surface area (Å²) in [7, 11) is 0. The van der Waals surface area contributed by atoms with Crippen LogP contribution in [0.3, 0.4) is 0 Å². The number of carboxylic acid groups (broad SMARTS) is 1. The fraction of sp³-hybridized carbons (Fsp3) is 0.438. The maximum atomic E-state index is 13.1. The van der Waals surface area contributed by atoms with Crippen LogP contribution in [0.4, 0.5) is 0 Å². The molecule has 196 valence electrons. The molecular weight excluding hydrogens is 460 g/mol. The van der Waals surface area contributed by atoms with Crippen molar-refractivity contribution in [1.29, 1.82) is 0 Å². The summed E-state index contributed by atoms with van der Waals surface area (Å²) in [5.41, 5.74) is 3.69. The monoisotopic (exact) mass is 500 g/mol. The van der Waals surface area contributed by atoms with E-state index < -0.39 is 5.97 Å². The van der Waals surface area contributed by atoms with Gasteiger partial charge in [0.25, 0.3) is 0 Å². The Morgan fingerprint density at radius 3 is 2.59 bits per heavy atom. The first-order valence-electron chi connectivity index (χ1n) is 13.6. The molecule has 1 saturated heterocycles. The molecular formula is C32H40N2O3. The molecule has 2 aliphatic rings. The van der Waals surface area contributed by atoms with E-state index in [1.165, 1.54) is 11.3 Å². The molecule has 2 fully saturated rings. The van der Waals surface area contributed by atoms with Gasteiger partial charge in [0.2, 0.25) is 5.91 Å². The normalized spacial score (nSPS) is 21.3. The van der Waals surface area contributed by atoms with Crippen molar-refractivity contribution in [3.8, 4) is 0 Å². The molecule has 1 aliphatic carbocycles. The van der Waals surface area contributed by atoms with Gasteiger partial charge >= 0.3 is 5.97 Å². The van der Waals surface area contributed by atoms with Crippen LogP contribution < -0.4 is 15.8 Å². The highest BCUT2D eigenvalue weighted by molar-refractivity contribution is 5.89. The number of hydrogen-bond donors (Lipinski definition) is 2. The Morgan fingerprint density at radius 1 is 1.08 bits per heavy atom. The molecule has 2 aromatic carbocycles. The quantitative estimate of drug-likeness (QED) is 0.563. The van der Waals surface area contributed by atoms with E-state index in [9.17, 15) is 14.7 Å². The van der Waals surface area contributed by atoms with Crippen molar-refractivity contribution in [1.82, 2.24) is 10.2 Å². The SMILES string of the molecule is C=c1c(C)ccc/c1=C/C=C(\C)N1CCC(C(=O)N[C@H]2CCC[C@H]2CCc2ccccc2C(=O)O)CC1. The zero-order chi connectivity index (χ0) is 26.4. The van der Waals surface area contributed by atoms with Crippen molar-refractivity contribution in [2.24, 2.45) is 11.8 Å². The lowest BCUT2D eigenvalue weighted by Gasteiger charge is -2.34. The minimum absolute atomic E-state index is 0.0604. The lowest BCUT2D eigenvalue weighted by atomic mass is 9.91. The molecule has 5 heteroatoms. The summed E-state index contributed by atoms with van der Waals surface area (Å²) in [6, 6.07) is 13.7. The number of nitrogens with one attached hydrogen (secondary N) is 1. The summed E-state index contributed by atoms with van der Waals surface area (Å²) in [5.74, 6) is -0.211. The molecule has 1 saturated carbocycles. The average molecular weight is 501 g/mol. The maximum absolute atomic E-state index is 13.1. The second kappa shape index (κ2) is 12.3. The zero-order valence-electron chi connectivity index (χ0n) is 22.2. The number of aryl methyl sites for hydroxylation is 2. The smallest absolute Gasteiger partial charge is 0.335 e. The highest BCUT2D eigenvalue weighted by atomic mass is 16.4. The Hall–Kier alpha value is -3.34. The third kappa shape index (κ3) is 6.71. The topological polar surface area (TPSA) is 69.6 Å². The van der Waals surface area contributed by atoms with Gasteiger partial charge in [-0.05, 0) is 92.0 Å². The van der Waals surface area contributed by atoms with Crippen LogP contribution in [0.2, 0.25) is 0 Å². The van der Waals surface area contributed by atoms with Crippen LogP contribution in [-0.2, 0) is 11.2 Å². The number of benzene rings is 2. The van der Waals surface area contributed by atoms with E-state index in [2.05, 4.69) is 61.0 Å². The predicted molar refractivity (Wildman–Crippen MR) is 149 cm³/mol. The maximum Gasteiger partial charge on any atom is 0.335 e. The number of carbonyl (C=O) groups is 2. The number of amides is 1. The molecule has 0 aromatic heterocycles. The van der Waals surface area contributed by atoms with Crippen LogP contribution in [0.25, 0.3) is 12.7 Å². The molecule has 4 rings (SSSR count). The van der Waals surface area contributed by atoms with Crippen molar-refractivity contribution < 1.29 is 14.7 Å². The summed E-state index contributed by atoms with van der Waals surface area (Å²) in [6.07, 6.45) is 10.9. The summed E-state index contributed by atoms with van der Waals surface area (Å²) >= 11 is 0. The molecule has 1 amide bonds. The molecule has 0 unspecified atom stereocenters. The van der Waals surface area contributed by atoms with Crippen molar-refractivity contribution in [2.45, 2.75) is 64.8 Å². The highest BCUT2D eigenvalue weighted by Gasteiger charge is 2.32. The minimum atomic E-state index is -0.872. The molecule has 0 bridgehead atoms. The molecule has 2 N–H and O–H groups in total. The van der Waals surface area contributed by atoms with Gasteiger partial charge in [-0.25, -0.2) is 4.79 Å². The van der Waals surface area contributed by atoms with Crippen molar-refractivity contribution in [2.75, 3.05) is 13.1 Å². The van der Waals surface area contributed by atoms with Crippen LogP contribution in [0, 0.1) is 18.8 Å². The first-order chi connectivity index (χ1) is 17.8. The first-order valence-corrected chi connectivity index (χ1v) is 13.6. The number of rotatable bonds is 8. The van der Waals surface area contributed by atoms with E-state index >= 15 is 0 Å². The number of hydrogen-bond acceptors (Lipinski definition) is 3. The van der Waals surface area contributed by atoms with Gasteiger partial charge in [0, 0.05) is 30.7 Å². The molecule has 1 aliphatic heterocycles. The minimum Gasteiger partial charge on any atom is -0.478 e. The zero-order valence-corrected chi connectivity index (χ0v) is 22.2. The summed E-state index contributed by atoms with van der Waals surface area (Å²) in [5, 5.41) is 15.0.